The van der Waals surface area contributed by atoms with Crippen LogP contribution < -0.4 is 0 Å². The molecule has 4 heteroatoms. The molecule has 1 aliphatic carbocycles. The number of rotatable bonds is 1. The van der Waals surface area contributed by atoms with Crippen molar-refractivity contribution in [3.8, 4) is 5.69 Å². The molecule has 0 saturated carbocycles. The summed E-state index contributed by atoms with van der Waals surface area (Å²) in [6.07, 6.45) is 1.39. The van der Waals surface area contributed by atoms with Crippen molar-refractivity contribution < 1.29 is 4.79 Å². The fourth-order valence-electron chi connectivity index (χ4n) is 3.80. The summed E-state index contributed by atoms with van der Waals surface area (Å²) in [5.41, 5.74) is 4.29. The van der Waals surface area contributed by atoms with Crippen LogP contribution in [0.15, 0.2) is 36.4 Å². The van der Waals surface area contributed by atoms with E-state index in [9.17, 15) is 4.79 Å². The highest BCUT2D eigenvalue weighted by atomic mass is 16.1. The number of Topliss-reactive ketones (excluding diaryl/α,β-unsaturated/α-hetero) is 1. The van der Waals surface area contributed by atoms with Gasteiger partial charge >= 0.3 is 0 Å². The van der Waals surface area contributed by atoms with Crippen LogP contribution in [0, 0.1) is 5.41 Å². The Morgan fingerprint density at radius 3 is 2.42 bits per heavy atom. The Hall–Kier alpha value is -2.49. The molecule has 134 valence electrons. The highest BCUT2D eigenvalue weighted by molar-refractivity contribution is 6.01. The van der Waals surface area contributed by atoms with Crippen molar-refractivity contribution in [1.82, 2.24) is 14.8 Å². The van der Waals surface area contributed by atoms with E-state index in [1.54, 1.807) is 0 Å². The van der Waals surface area contributed by atoms with E-state index in [4.69, 9.17) is 10.1 Å². The van der Waals surface area contributed by atoms with Crippen molar-refractivity contribution in [1.29, 1.82) is 0 Å². The van der Waals surface area contributed by atoms with Crippen LogP contribution in [0.2, 0.25) is 0 Å². The number of para-hydroxylation sites is 1. The second-order valence-electron chi connectivity index (χ2n) is 9.14. The summed E-state index contributed by atoms with van der Waals surface area (Å²) in [7, 11) is 0. The molecule has 3 aromatic rings. The minimum Gasteiger partial charge on any atom is -0.294 e. The number of carbonyl (C=O) groups excluding carboxylic acids is 1. The first-order chi connectivity index (χ1) is 12.2. The summed E-state index contributed by atoms with van der Waals surface area (Å²) in [6, 6.07) is 12.1. The monoisotopic (exact) mass is 347 g/mol. The molecule has 1 aliphatic rings. The second-order valence-corrected chi connectivity index (χ2v) is 9.14. The van der Waals surface area contributed by atoms with Crippen LogP contribution in [0.4, 0.5) is 0 Å². The molecule has 4 rings (SSSR count). The Bertz CT molecular complexity index is 1010. The van der Waals surface area contributed by atoms with Crippen molar-refractivity contribution in [2.45, 2.75) is 52.9 Å². The maximum Gasteiger partial charge on any atom is 0.165 e. The van der Waals surface area contributed by atoms with E-state index < -0.39 is 0 Å². The van der Waals surface area contributed by atoms with Crippen LogP contribution in [0.1, 0.15) is 62.8 Å². The molecule has 2 aromatic heterocycles. The van der Waals surface area contributed by atoms with Gasteiger partial charge in [-0.25, -0.2) is 9.67 Å². The average Bonchev–Trinajstić information content (AvgIpc) is 2.92. The van der Waals surface area contributed by atoms with Crippen LogP contribution in [-0.4, -0.2) is 20.5 Å². The molecule has 4 nitrogen and oxygen atoms in total. The number of nitrogens with zero attached hydrogens (tertiary/aromatic N) is 3. The molecule has 0 radical (unpaired) electrons. The number of hydrogen-bond acceptors (Lipinski definition) is 3. The fraction of sp³-hybridized carbons (Fsp3) is 0.409. The smallest absolute Gasteiger partial charge is 0.165 e. The van der Waals surface area contributed by atoms with E-state index in [1.165, 1.54) is 0 Å². The lowest BCUT2D eigenvalue weighted by atomic mass is 9.75. The van der Waals surface area contributed by atoms with E-state index in [-0.39, 0.29) is 16.6 Å². The Kier molecular flexibility index (Phi) is 3.59. The maximum absolute atomic E-state index is 12.7. The maximum atomic E-state index is 12.7. The molecule has 0 aliphatic heterocycles. The molecule has 0 unspecified atom stereocenters. The predicted octanol–water partition coefficient (Wildman–Crippen LogP) is 4.87. The number of ketones is 1. The summed E-state index contributed by atoms with van der Waals surface area (Å²) in [5, 5.41) is 5.89. The number of aromatic nitrogens is 3. The van der Waals surface area contributed by atoms with Gasteiger partial charge in [0, 0.05) is 22.8 Å². The van der Waals surface area contributed by atoms with Crippen LogP contribution in [-0.2, 0) is 11.8 Å². The van der Waals surface area contributed by atoms with Crippen molar-refractivity contribution in [2.24, 2.45) is 5.41 Å². The van der Waals surface area contributed by atoms with Crippen molar-refractivity contribution in [2.75, 3.05) is 0 Å². The minimum atomic E-state index is -0.134. The molecular weight excluding hydrogens is 322 g/mol. The first-order valence-electron chi connectivity index (χ1n) is 9.17. The van der Waals surface area contributed by atoms with Gasteiger partial charge in [-0.2, -0.15) is 5.10 Å². The standard InChI is InChI=1S/C22H25N3O/c1-21(2,3)19-16-11-15-17(12-22(4,5)13-18(15)26)23-20(16)25(24-19)14-9-7-6-8-10-14/h6-11H,12-13H2,1-5H3. The molecule has 0 bridgehead atoms. The highest BCUT2D eigenvalue weighted by Gasteiger charge is 2.34. The zero-order valence-corrected chi connectivity index (χ0v) is 16.1. The van der Waals surface area contributed by atoms with Gasteiger partial charge in [-0.05, 0) is 30.0 Å². The number of hydrogen-bond donors (Lipinski definition) is 0. The van der Waals surface area contributed by atoms with Crippen molar-refractivity contribution in [3.05, 3.63) is 53.3 Å². The van der Waals surface area contributed by atoms with Gasteiger partial charge in [-0.3, -0.25) is 4.79 Å². The average molecular weight is 347 g/mol. The summed E-state index contributed by atoms with van der Waals surface area (Å²) in [5.74, 6) is 0.193. The molecule has 0 saturated heterocycles. The van der Waals surface area contributed by atoms with E-state index in [0.717, 1.165) is 40.1 Å². The molecule has 0 amide bonds. The Balaban J connectivity index is 2.04. The lowest BCUT2D eigenvalue weighted by Gasteiger charge is -2.29. The van der Waals surface area contributed by atoms with Crippen LogP contribution in [0.3, 0.4) is 0 Å². The molecule has 0 spiro atoms. The third kappa shape index (κ3) is 2.74. The topological polar surface area (TPSA) is 47.8 Å². The third-order valence-corrected chi connectivity index (χ3v) is 5.03. The van der Waals surface area contributed by atoms with Gasteiger partial charge in [0.2, 0.25) is 0 Å². The quantitative estimate of drug-likeness (QED) is 0.631. The van der Waals surface area contributed by atoms with Gasteiger partial charge in [-0.1, -0.05) is 52.8 Å². The summed E-state index contributed by atoms with van der Waals surface area (Å²) in [6.45, 7) is 10.7. The Morgan fingerprint density at radius 2 is 1.77 bits per heavy atom. The highest BCUT2D eigenvalue weighted by Crippen LogP contribution is 2.37. The SMILES string of the molecule is CC1(C)CC(=O)c2cc3c(C(C)(C)C)nn(-c4ccccc4)c3nc2C1. The molecule has 0 fully saturated rings. The summed E-state index contributed by atoms with van der Waals surface area (Å²) < 4.78 is 1.92. The van der Waals surface area contributed by atoms with Crippen molar-refractivity contribution in [3.63, 3.8) is 0 Å². The minimum absolute atomic E-state index is 0.0464. The lowest BCUT2D eigenvalue weighted by molar-refractivity contribution is 0.0910. The zero-order valence-electron chi connectivity index (χ0n) is 16.1. The fourth-order valence-corrected chi connectivity index (χ4v) is 3.80. The summed E-state index contributed by atoms with van der Waals surface area (Å²) >= 11 is 0. The Labute approximate surface area is 154 Å². The summed E-state index contributed by atoms with van der Waals surface area (Å²) in [4.78, 5) is 17.7. The molecule has 1 aromatic carbocycles. The largest absolute Gasteiger partial charge is 0.294 e. The van der Waals surface area contributed by atoms with Gasteiger partial charge in [0.25, 0.3) is 0 Å². The molecule has 2 heterocycles. The normalized spacial score (nSPS) is 16.7. The van der Waals surface area contributed by atoms with Crippen molar-refractivity contribution >= 4 is 16.8 Å². The van der Waals surface area contributed by atoms with Crippen LogP contribution in [0.5, 0.6) is 0 Å². The lowest BCUT2D eigenvalue weighted by Crippen LogP contribution is -2.28. The van der Waals surface area contributed by atoms with Gasteiger partial charge < -0.3 is 0 Å². The van der Waals surface area contributed by atoms with E-state index >= 15 is 0 Å². The van der Waals surface area contributed by atoms with Gasteiger partial charge in [0.1, 0.15) is 0 Å². The molecule has 0 N–H and O–H groups in total. The molecular formula is C22H25N3O. The number of benzene rings is 1. The van der Waals surface area contributed by atoms with Gasteiger partial charge in [-0.15, -0.1) is 0 Å². The number of carbonyl (C=O) groups is 1. The second kappa shape index (κ2) is 5.50. The zero-order chi connectivity index (χ0) is 18.7. The van der Waals surface area contributed by atoms with Crippen LogP contribution in [0.25, 0.3) is 16.7 Å². The number of fused-ring (bicyclic) bond motifs is 2. The first kappa shape index (κ1) is 17.0. The molecule has 26 heavy (non-hydrogen) atoms. The van der Waals surface area contributed by atoms with Gasteiger partial charge in [0.15, 0.2) is 11.4 Å². The van der Waals surface area contributed by atoms with E-state index in [0.29, 0.717) is 6.42 Å². The molecule has 0 atom stereocenters. The Morgan fingerprint density at radius 1 is 1.08 bits per heavy atom. The first-order valence-corrected chi connectivity index (χ1v) is 9.17. The third-order valence-electron chi connectivity index (χ3n) is 5.03. The number of pyridine rings is 1. The van der Waals surface area contributed by atoms with E-state index in [1.807, 2.05) is 41.1 Å². The van der Waals surface area contributed by atoms with Crippen LogP contribution >= 0.6 is 0 Å². The van der Waals surface area contributed by atoms with Gasteiger partial charge in [0.05, 0.1) is 17.1 Å². The van der Waals surface area contributed by atoms with E-state index in [2.05, 4.69) is 34.6 Å². The predicted molar refractivity (Wildman–Crippen MR) is 104 cm³/mol.